The maximum atomic E-state index is 12.1. The van der Waals surface area contributed by atoms with E-state index in [1.165, 1.54) is 12.4 Å². The minimum Gasteiger partial charge on any atom is -0.480 e. The molecule has 6 nitrogen and oxygen atoms in total. The van der Waals surface area contributed by atoms with Crippen molar-refractivity contribution in [1.29, 1.82) is 0 Å². The summed E-state index contributed by atoms with van der Waals surface area (Å²) < 4.78 is 0. The Bertz CT molecular complexity index is 483. The third kappa shape index (κ3) is 3.04. The molecule has 0 aliphatic carbocycles. The number of thioether (sulfide) groups is 1. The van der Waals surface area contributed by atoms with E-state index in [1.807, 2.05) is 0 Å². The summed E-state index contributed by atoms with van der Waals surface area (Å²) in [6.45, 7) is 1.77. The van der Waals surface area contributed by atoms with Crippen LogP contribution < -0.4 is 5.32 Å². The molecule has 102 valence electrons. The number of hydrogen-bond acceptors (Lipinski definition) is 5. The van der Waals surface area contributed by atoms with Crippen LogP contribution in [0.1, 0.15) is 29.0 Å². The third-order valence-corrected chi connectivity index (χ3v) is 4.11. The Morgan fingerprint density at radius 1 is 1.32 bits per heavy atom. The first-order valence-corrected chi connectivity index (χ1v) is 7.11. The molecule has 7 heteroatoms. The van der Waals surface area contributed by atoms with Crippen LogP contribution in [-0.2, 0) is 4.79 Å². The normalized spacial score (nSPS) is 17.7. The Labute approximate surface area is 115 Å². The molecule has 0 radical (unpaired) electrons. The van der Waals surface area contributed by atoms with Crippen LogP contribution in [0.25, 0.3) is 0 Å². The van der Waals surface area contributed by atoms with Gasteiger partial charge in [-0.1, -0.05) is 0 Å². The van der Waals surface area contributed by atoms with Crippen LogP contribution in [0.3, 0.4) is 0 Å². The number of rotatable bonds is 3. The summed E-state index contributed by atoms with van der Waals surface area (Å²) in [5, 5.41) is 12.0. The summed E-state index contributed by atoms with van der Waals surface area (Å²) in [5.41, 5.74) is -0.322. The summed E-state index contributed by atoms with van der Waals surface area (Å²) >= 11 is 1.70. The molecule has 1 aliphatic rings. The topological polar surface area (TPSA) is 92.2 Å². The summed E-state index contributed by atoms with van der Waals surface area (Å²) in [7, 11) is 0. The third-order valence-electron chi connectivity index (χ3n) is 3.12. The fourth-order valence-corrected chi connectivity index (χ4v) is 3.09. The number of nitrogens with one attached hydrogen (secondary N) is 1. The number of carboxylic acid groups (broad SMARTS) is 1. The summed E-state index contributed by atoms with van der Waals surface area (Å²) in [4.78, 5) is 31.4. The van der Waals surface area contributed by atoms with E-state index in [1.54, 1.807) is 18.7 Å². The first-order chi connectivity index (χ1) is 9.03. The number of nitrogens with zero attached hydrogens (tertiary/aromatic N) is 2. The van der Waals surface area contributed by atoms with Crippen LogP contribution in [0, 0.1) is 6.92 Å². The molecule has 1 amide bonds. The average Bonchev–Trinajstić information content (AvgIpc) is 2.40. The van der Waals surface area contributed by atoms with E-state index in [4.69, 9.17) is 0 Å². The van der Waals surface area contributed by atoms with Gasteiger partial charge in [0.2, 0.25) is 0 Å². The van der Waals surface area contributed by atoms with Crippen LogP contribution >= 0.6 is 11.8 Å². The molecule has 1 aliphatic heterocycles. The van der Waals surface area contributed by atoms with Gasteiger partial charge in [0, 0.05) is 6.20 Å². The maximum absolute atomic E-state index is 12.1. The van der Waals surface area contributed by atoms with Crippen LogP contribution in [0.4, 0.5) is 0 Å². The van der Waals surface area contributed by atoms with Gasteiger partial charge in [-0.25, -0.2) is 9.78 Å². The molecule has 2 N–H and O–H groups in total. The van der Waals surface area contributed by atoms with Gasteiger partial charge in [0.05, 0.1) is 11.9 Å². The number of carbonyl (C=O) groups is 2. The van der Waals surface area contributed by atoms with Gasteiger partial charge in [0.25, 0.3) is 5.91 Å². The number of carboxylic acids is 1. The molecule has 1 aromatic heterocycles. The Kier molecular flexibility index (Phi) is 4.04. The van der Waals surface area contributed by atoms with Crippen LogP contribution in [0.2, 0.25) is 0 Å². The number of aromatic nitrogens is 2. The van der Waals surface area contributed by atoms with Gasteiger partial charge < -0.3 is 10.4 Å². The van der Waals surface area contributed by atoms with Crippen molar-refractivity contribution in [1.82, 2.24) is 15.3 Å². The van der Waals surface area contributed by atoms with E-state index in [9.17, 15) is 14.7 Å². The molecule has 1 fully saturated rings. The Morgan fingerprint density at radius 2 is 2.00 bits per heavy atom. The predicted octanol–water partition coefficient (Wildman–Crippen LogP) is 0.865. The molecule has 1 saturated heterocycles. The molecule has 2 rings (SSSR count). The van der Waals surface area contributed by atoms with Crippen molar-refractivity contribution >= 4 is 23.6 Å². The molecule has 0 spiro atoms. The molecular formula is C12H15N3O3S. The first kappa shape index (κ1) is 13.8. The molecule has 2 heterocycles. The van der Waals surface area contributed by atoms with Crippen molar-refractivity contribution in [3.8, 4) is 0 Å². The standard InChI is InChI=1S/C12H15N3O3S/c1-8-6-14-9(7-13-8)10(16)15-12(11(17)18)2-4-19-5-3-12/h6-7H,2-5H2,1H3,(H,15,16)(H,17,18). The van der Waals surface area contributed by atoms with Crippen molar-refractivity contribution in [2.45, 2.75) is 25.3 Å². The lowest BCUT2D eigenvalue weighted by Gasteiger charge is -2.33. The van der Waals surface area contributed by atoms with Gasteiger partial charge >= 0.3 is 5.97 Å². The molecular weight excluding hydrogens is 266 g/mol. The largest absolute Gasteiger partial charge is 0.480 e. The fraction of sp³-hybridized carbons (Fsp3) is 0.500. The number of aryl methyl sites for hydroxylation is 1. The molecule has 0 atom stereocenters. The number of carbonyl (C=O) groups excluding carboxylic acids is 1. The highest BCUT2D eigenvalue weighted by molar-refractivity contribution is 7.99. The van der Waals surface area contributed by atoms with E-state index in [0.29, 0.717) is 18.5 Å². The Balaban J connectivity index is 2.15. The lowest BCUT2D eigenvalue weighted by Crippen LogP contribution is -2.56. The average molecular weight is 281 g/mol. The van der Waals surface area contributed by atoms with Gasteiger partial charge in [-0.15, -0.1) is 0 Å². The molecule has 19 heavy (non-hydrogen) atoms. The number of amides is 1. The molecule has 0 unspecified atom stereocenters. The van der Waals surface area contributed by atoms with Crippen LogP contribution in [0.5, 0.6) is 0 Å². The highest BCUT2D eigenvalue weighted by Crippen LogP contribution is 2.27. The van der Waals surface area contributed by atoms with Gasteiger partial charge in [0.15, 0.2) is 0 Å². The molecule has 0 saturated carbocycles. The van der Waals surface area contributed by atoms with E-state index in [-0.39, 0.29) is 5.69 Å². The van der Waals surface area contributed by atoms with Gasteiger partial charge in [0.1, 0.15) is 11.2 Å². The monoisotopic (exact) mass is 281 g/mol. The molecule has 0 aromatic carbocycles. The molecule has 0 bridgehead atoms. The van der Waals surface area contributed by atoms with Crippen molar-refractivity contribution in [3.05, 3.63) is 23.8 Å². The second-order valence-electron chi connectivity index (χ2n) is 4.50. The Morgan fingerprint density at radius 3 is 2.53 bits per heavy atom. The lowest BCUT2D eigenvalue weighted by atomic mass is 9.92. The SMILES string of the molecule is Cc1cnc(C(=O)NC2(C(=O)O)CCSCC2)cn1. The van der Waals surface area contributed by atoms with Crippen LogP contribution in [0.15, 0.2) is 12.4 Å². The van der Waals surface area contributed by atoms with Gasteiger partial charge in [-0.3, -0.25) is 9.78 Å². The second kappa shape index (κ2) is 5.56. The van der Waals surface area contributed by atoms with E-state index < -0.39 is 17.4 Å². The smallest absolute Gasteiger partial charge is 0.329 e. The number of aliphatic carboxylic acids is 1. The minimum atomic E-state index is -1.17. The first-order valence-electron chi connectivity index (χ1n) is 5.96. The summed E-state index contributed by atoms with van der Waals surface area (Å²) in [6.07, 6.45) is 3.70. The van der Waals surface area contributed by atoms with Gasteiger partial charge in [-0.05, 0) is 31.3 Å². The zero-order chi connectivity index (χ0) is 13.9. The predicted molar refractivity (Wildman–Crippen MR) is 71.2 cm³/mol. The van der Waals surface area contributed by atoms with E-state index in [0.717, 1.165) is 11.5 Å². The quantitative estimate of drug-likeness (QED) is 0.854. The maximum Gasteiger partial charge on any atom is 0.329 e. The highest BCUT2D eigenvalue weighted by atomic mass is 32.2. The Hall–Kier alpha value is -1.63. The summed E-state index contributed by atoms with van der Waals surface area (Å²) in [6, 6.07) is 0. The number of hydrogen-bond donors (Lipinski definition) is 2. The lowest BCUT2D eigenvalue weighted by molar-refractivity contribution is -0.144. The van der Waals surface area contributed by atoms with Crippen molar-refractivity contribution < 1.29 is 14.7 Å². The van der Waals surface area contributed by atoms with Gasteiger partial charge in [-0.2, -0.15) is 11.8 Å². The van der Waals surface area contributed by atoms with Crippen molar-refractivity contribution in [2.24, 2.45) is 0 Å². The van der Waals surface area contributed by atoms with Crippen LogP contribution in [-0.4, -0.2) is 44.0 Å². The van der Waals surface area contributed by atoms with Crippen molar-refractivity contribution in [2.75, 3.05) is 11.5 Å². The summed E-state index contributed by atoms with van der Waals surface area (Å²) in [5.74, 6) is -0.0128. The van der Waals surface area contributed by atoms with E-state index in [2.05, 4.69) is 15.3 Å². The van der Waals surface area contributed by atoms with Crippen molar-refractivity contribution in [3.63, 3.8) is 0 Å². The fourth-order valence-electron chi connectivity index (χ4n) is 1.90. The van der Waals surface area contributed by atoms with E-state index >= 15 is 0 Å². The zero-order valence-electron chi connectivity index (χ0n) is 10.5. The minimum absolute atomic E-state index is 0.143. The second-order valence-corrected chi connectivity index (χ2v) is 5.72. The zero-order valence-corrected chi connectivity index (χ0v) is 11.4. The molecule has 1 aromatic rings. The highest BCUT2D eigenvalue weighted by Gasteiger charge is 2.41.